The second-order valence-corrected chi connectivity index (χ2v) is 7.88. The standard InChI is InChI=1S/C24H23FN6O2/c1-16-27-22(21-15-26-31(23(21)28-16)19-6-8-20(33-2)9-7-19)29-10-12-30(13-11-29)24(32)17-4-3-5-18(25)14-17/h3-9,14-15H,10-13H2,1-2H3. The molecule has 1 fully saturated rings. The molecule has 5 rings (SSSR count). The average Bonchev–Trinajstić information content (AvgIpc) is 3.27. The zero-order valence-electron chi connectivity index (χ0n) is 18.4. The van der Waals surface area contributed by atoms with Crippen molar-refractivity contribution in [1.82, 2.24) is 24.6 Å². The van der Waals surface area contributed by atoms with Crippen LogP contribution < -0.4 is 9.64 Å². The van der Waals surface area contributed by atoms with Crippen molar-refractivity contribution in [1.29, 1.82) is 0 Å². The predicted molar refractivity (Wildman–Crippen MR) is 122 cm³/mol. The lowest BCUT2D eigenvalue weighted by molar-refractivity contribution is 0.0746. The van der Waals surface area contributed by atoms with Gasteiger partial charge in [0, 0.05) is 31.7 Å². The smallest absolute Gasteiger partial charge is 0.254 e. The van der Waals surface area contributed by atoms with Crippen molar-refractivity contribution in [3.63, 3.8) is 0 Å². The number of rotatable bonds is 4. The molecule has 0 aliphatic carbocycles. The van der Waals surface area contributed by atoms with Gasteiger partial charge >= 0.3 is 0 Å². The molecule has 33 heavy (non-hydrogen) atoms. The number of hydrogen-bond acceptors (Lipinski definition) is 6. The summed E-state index contributed by atoms with van der Waals surface area (Å²) < 4.78 is 20.6. The lowest BCUT2D eigenvalue weighted by Crippen LogP contribution is -2.49. The SMILES string of the molecule is COc1ccc(-n2ncc3c(N4CCN(C(=O)c5cccc(F)c5)CC4)nc(C)nc32)cc1. The highest BCUT2D eigenvalue weighted by Crippen LogP contribution is 2.27. The van der Waals surface area contributed by atoms with E-state index in [0.717, 1.165) is 28.3 Å². The van der Waals surface area contributed by atoms with Gasteiger partial charge < -0.3 is 14.5 Å². The van der Waals surface area contributed by atoms with Crippen LogP contribution in [0.15, 0.2) is 54.7 Å². The summed E-state index contributed by atoms with van der Waals surface area (Å²) in [4.78, 5) is 26.0. The first-order chi connectivity index (χ1) is 16.0. The molecule has 4 aromatic rings. The largest absolute Gasteiger partial charge is 0.497 e. The number of piperazine rings is 1. The quantitative estimate of drug-likeness (QED) is 0.479. The second kappa shape index (κ2) is 8.50. The van der Waals surface area contributed by atoms with Crippen molar-refractivity contribution in [2.24, 2.45) is 0 Å². The number of ether oxygens (including phenoxy) is 1. The van der Waals surface area contributed by atoms with Gasteiger partial charge in [0.1, 0.15) is 23.2 Å². The summed E-state index contributed by atoms with van der Waals surface area (Å²) in [5.41, 5.74) is 1.96. The molecule has 0 saturated carbocycles. The number of hydrogen-bond donors (Lipinski definition) is 0. The number of amides is 1. The first-order valence-corrected chi connectivity index (χ1v) is 10.7. The first kappa shape index (κ1) is 20.9. The molecule has 0 spiro atoms. The maximum Gasteiger partial charge on any atom is 0.254 e. The third-order valence-corrected chi connectivity index (χ3v) is 5.78. The molecule has 1 aliphatic rings. The molecule has 1 saturated heterocycles. The number of halogens is 1. The molecule has 0 bridgehead atoms. The fourth-order valence-electron chi connectivity index (χ4n) is 4.08. The van der Waals surface area contributed by atoms with E-state index in [9.17, 15) is 9.18 Å². The molecule has 2 aromatic carbocycles. The van der Waals surface area contributed by atoms with Gasteiger partial charge in [-0.1, -0.05) is 6.07 Å². The Hall–Kier alpha value is -4.01. The van der Waals surface area contributed by atoms with Gasteiger partial charge in [0.25, 0.3) is 5.91 Å². The molecule has 9 heteroatoms. The Morgan fingerprint density at radius 2 is 1.79 bits per heavy atom. The van der Waals surface area contributed by atoms with E-state index in [1.165, 1.54) is 12.1 Å². The molecule has 1 aliphatic heterocycles. The number of aromatic nitrogens is 4. The highest BCUT2D eigenvalue weighted by atomic mass is 19.1. The van der Waals surface area contributed by atoms with Crippen LogP contribution in [0.3, 0.4) is 0 Å². The number of nitrogens with zero attached hydrogens (tertiary/aromatic N) is 6. The zero-order valence-corrected chi connectivity index (χ0v) is 18.4. The van der Waals surface area contributed by atoms with Crippen LogP contribution >= 0.6 is 0 Å². The number of carbonyl (C=O) groups is 1. The van der Waals surface area contributed by atoms with Crippen LogP contribution in [-0.2, 0) is 0 Å². The van der Waals surface area contributed by atoms with E-state index in [0.29, 0.717) is 37.6 Å². The summed E-state index contributed by atoms with van der Waals surface area (Å²) in [5.74, 6) is 1.64. The number of methoxy groups -OCH3 is 1. The molecule has 0 N–H and O–H groups in total. The van der Waals surface area contributed by atoms with E-state index in [-0.39, 0.29) is 5.91 Å². The average molecular weight is 446 g/mol. The van der Waals surface area contributed by atoms with E-state index in [1.54, 1.807) is 35.0 Å². The molecule has 2 aromatic heterocycles. The summed E-state index contributed by atoms with van der Waals surface area (Å²) in [6, 6.07) is 13.4. The predicted octanol–water partition coefficient (Wildman–Crippen LogP) is 3.23. The molecule has 0 atom stereocenters. The molecule has 3 heterocycles. The number of fused-ring (bicyclic) bond motifs is 1. The van der Waals surface area contributed by atoms with Gasteiger partial charge in [-0.25, -0.2) is 19.0 Å². The highest BCUT2D eigenvalue weighted by molar-refractivity contribution is 5.94. The minimum atomic E-state index is -0.410. The van der Waals surface area contributed by atoms with Crippen LogP contribution in [-0.4, -0.2) is 63.8 Å². The Morgan fingerprint density at radius 3 is 2.48 bits per heavy atom. The Balaban J connectivity index is 1.39. The normalized spacial score (nSPS) is 14.0. The molecule has 0 unspecified atom stereocenters. The lowest BCUT2D eigenvalue weighted by atomic mass is 10.1. The maximum atomic E-state index is 13.5. The Morgan fingerprint density at radius 1 is 1.03 bits per heavy atom. The van der Waals surface area contributed by atoms with Crippen LogP contribution in [0.25, 0.3) is 16.7 Å². The van der Waals surface area contributed by atoms with E-state index in [1.807, 2.05) is 31.2 Å². The van der Waals surface area contributed by atoms with Gasteiger partial charge in [-0.2, -0.15) is 5.10 Å². The molecule has 168 valence electrons. The topological polar surface area (TPSA) is 76.4 Å². The monoisotopic (exact) mass is 446 g/mol. The minimum absolute atomic E-state index is 0.162. The first-order valence-electron chi connectivity index (χ1n) is 10.7. The summed E-state index contributed by atoms with van der Waals surface area (Å²) in [5, 5.41) is 5.40. The van der Waals surface area contributed by atoms with Crippen LogP contribution in [0.2, 0.25) is 0 Å². The summed E-state index contributed by atoms with van der Waals surface area (Å²) in [7, 11) is 1.63. The van der Waals surface area contributed by atoms with Crippen molar-refractivity contribution in [2.75, 3.05) is 38.2 Å². The van der Waals surface area contributed by atoms with Crippen molar-refractivity contribution >= 4 is 22.8 Å². The molecular weight excluding hydrogens is 423 g/mol. The number of benzene rings is 2. The lowest BCUT2D eigenvalue weighted by Gasteiger charge is -2.35. The third kappa shape index (κ3) is 3.97. The highest BCUT2D eigenvalue weighted by Gasteiger charge is 2.25. The van der Waals surface area contributed by atoms with Crippen molar-refractivity contribution < 1.29 is 13.9 Å². The van der Waals surface area contributed by atoms with Gasteiger partial charge in [0.05, 0.1) is 24.4 Å². The van der Waals surface area contributed by atoms with Gasteiger partial charge in [-0.05, 0) is 49.4 Å². The summed E-state index contributed by atoms with van der Waals surface area (Å²) >= 11 is 0. The second-order valence-electron chi connectivity index (χ2n) is 7.88. The van der Waals surface area contributed by atoms with Gasteiger partial charge in [0.2, 0.25) is 0 Å². The van der Waals surface area contributed by atoms with Crippen molar-refractivity contribution in [3.8, 4) is 11.4 Å². The minimum Gasteiger partial charge on any atom is -0.497 e. The summed E-state index contributed by atoms with van der Waals surface area (Å²) in [6.45, 7) is 4.12. The molecule has 0 radical (unpaired) electrons. The molecule has 1 amide bonds. The summed E-state index contributed by atoms with van der Waals surface area (Å²) in [6.07, 6.45) is 1.78. The van der Waals surface area contributed by atoms with Crippen LogP contribution in [0.5, 0.6) is 5.75 Å². The van der Waals surface area contributed by atoms with Crippen LogP contribution in [0, 0.1) is 12.7 Å². The van der Waals surface area contributed by atoms with Gasteiger partial charge in [-0.3, -0.25) is 4.79 Å². The fraction of sp³-hybridized carbons (Fsp3) is 0.250. The third-order valence-electron chi connectivity index (χ3n) is 5.78. The van der Waals surface area contributed by atoms with E-state index >= 15 is 0 Å². The van der Waals surface area contributed by atoms with Crippen molar-refractivity contribution in [2.45, 2.75) is 6.92 Å². The van der Waals surface area contributed by atoms with E-state index in [2.05, 4.69) is 20.0 Å². The zero-order chi connectivity index (χ0) is 22.9. The van der Waals surface area contributed by atoms with Gasteiger partial charge in [-0.15, -0.1) is 0 Å². The Labute approximate surface area is 190 Å². The number of carbonyl (C=O) groups excluding carboxylic acids is 1. The van der Waals surface area contributed by atoms with Gasteiger partial charge in [0.15, 0.2) is 5.65 Å². The number of aryl methyl sites for hydroxylation is 1. The van der Waals surface area contributed by atoms with Crippen molar-refractivity contribution in [3.05, 3.63) is 71.9 Å². The van der Waals surface area contributed by atoms with Crippen LogP contribution in [0.1, 0.15) is 16.2 Å². The Bertz CT molecular complexity index is 1310. The van der Waals surface area contributed by atoms with Crippen LogP contribution in [0.4, 0.5) is 10.2 Å². The molecular formula is C24H23FN6O2. The fourth-order valence-corrected chi connectivity index (χ4v) is 4.08. The molecule has 8 nitrogen and oxygen atoms in total. The Kier molecular flexibility index (Phi) is 5.37. The maximum absolute atomic E-state index is 13.5. The van der Waals surface area contributed by atoms with E-state index < -0.39 is 5.82 Å². The number of anilines is 1. The van der Waals surface area contributed by atoms with E-state index in [4.69, 9.17) is 4.74 Å².